The number of methoxy groups -OCH3 is 1. The molecule has 0 aliphatic carbocycles. The predicted molar refractivity (Wildman–Crippen MR) is 120 cm³/mol. The highest BCUT2D eigenvalue weighted by Crippen LogP contribution is 2.23. The number of H-pyrrole nitrogens is 1. The lowest BCUT2D eigenvalue weighted by molar-refractivity contribution is 0.0911. The first-order chi connectivity index (χ1) is 14.1. The smallest absolute Gasteiger partial charge is 0.251 e. The van der Waals surface area contributed by atoms with Crippen molar-refractivity contribution >= 4 is 16.8 Å². The summed E-state index contributed by atoms with van der Waals surface area (Å²) in [5.74, 6) is 0.765. The molecule has 1 aliphatic rings. The zero-order valence-corrected chi connectivity index (χ0v) is 17.7. The molecule has 4 rings (SSSR count). The Morgan fingerprint density at radius 3 is 2.53 bits per heavy atom. The predicted octanol–water partition coefficient (Wildman–Crippen LogP) is 3.10. The Bertz CT molecular complexity index is 973. The van der Waals surface area contributed by atoms with Crippen LogP contribution in [-0.2, 0) is 6.42 Å². The second kappa shape index (κ2) is 9.78. The van der Waals surface area contributed by atoms with E-state index >= 15 is 0 Å². The van der Waals surface area contributed by atoms with Gasteiger partial charge in [0.2, 0.25) is 0 Å². The molecule has 0 unspecified atom stereocenters. The van der Waals surface area contributed by atoms with Crippen molar-refractivity contribution < 1.29 is 15.0 Å². The van der Waals surface area contributed by atoms with Crippen molar-refractivity contribution in [2.75, 3.05) is 26.7 Å². The highest BCUT2D eigenvalue weighted by atomic mass is 16.5. The molecule has 160 valence electrons. The van der Waals surface area contributed by atoms with Gasteiger partial charge in [-0.15, -0.1) is 0 Å². The minimum absolute atomic E-state index is 0. The molecule has 1 saturated heterocycles. The van der Waals surface area contributed by atoms with Crippen LogP contribution >= 0.6 is 0 Å². The Morgan fingerprint density at radius 2 is 1.83 bits per heavy atom. The summed E-state index contributed by atoms with van der Waals surface area (Å²) >= 11 is 0. The number of hydrogen-bond acceptors (Lipinski definition) is 3. The zero-order valence-electron chi connectivity index (χ0n) is 17.7. The molecule has 2 heterocycles. The first kappa shape index (κ1) is 21.9. The summed E-state index contributed by atoms with van der Waals surface area (Å²) in [6.07, 6.45) is 3.04. The quantitative estimate of drug-likeness (QED) is 0.656. The molecule has 2 aromatic carbocycles. The van der Waals surface area contributed by atoms with E-state index in [1.807, 2.05) is 24.3 Å². The van der Waals surface area contributed by atoms with Gasteiger partial charge in [-0.25, -0.2) is 0 Å². The molecule has 6 nitrogen and oxygen atoms in total. The van der Waals surface area contributed by atoms with E-state index in [-0.39, 0.29) is 17.4 Å². The lowest BCUT2D eigenvalue weighted by atomic mass is 10.0. The number of likely N-dealkylation sites (tertiary alicyclic amines) is 1. The number of para-hydroxylation sites is 1. The minimum Gasteiger partial charge on any atom is -0.497 e. The molecule has 0 radical (unpaired) electrons. The van der Waals surface area contributed by atoms with Crippen LogP contribution in [0.4, 0.5) is 0 Å². The average Bonchev–Trinajstić information content (AvgIpc) is 3.08. The normalized spacial score (nSPS) is 15.0. The maximum atomic E-state index is 12.5. The van der Waals surface area contributed by atoms with Gasteiger partial charge >= 0.3 is 0 Å². The largest absolute Gasteiger partial charge is 0.497 e. The van der Waals surface area contributed by atoms with Crippen LogP contribution in [0.25, 0.3) is 10.9 Å². The number of carbonyl (C=O) groups is 1. The second-order valence-corrected chi connectivity index (χ2v) is 7.84. The second-order valence-electron chi connectivity index (χ2n) is 7.84. The van der Waals surface area contributed by atoms with Crippen LogP contribution in [0.3, 0.4) is 0 Å². The fourth-order valence-electron chi connectivity index (χ4n) is 4.24. The first-order valence-electron chi connectivity index (χ1n) is 10.4. The molecule has 3 aromatic rings. The van der Waals surface area contributed by atoms with E-state index in [0.717, 1.165) is 44.6 Å². The van der Waals surface area contributed by atoms with Crippen molar-refractivity contribution in [3.63, 3.8) is 0 Å². The number of piperidine rings is 1. The highest BCUT2D eigenvalue weighted by molar-refractivity contribution is 5.94. The third kappa shape index (κ3) is 4.83. The molecular weight excluding hydrogens is 378 g/mol. The van der Waals surface area contributed by atoms with Crippen molar-refractivity contribution in [1.82, 2.24) is 15.2 Å². The number of nitrogens with one attached hydrogen (secondary N) is 2. The summed E-state index contributed by atoms with van der Waals surface area (Å²) in [6.45, 7) is 5.27. The molecule has 0 bridgehead atoms. The summed E-state index contributed by atoms with van der Waals surface area (Å²) in [5.41, 5.74) is 4.60. The Morgan fingerprint density at radius 1 is 1.13 bits per heavy atom. The minimum atomic E-state index is 0. The van der Waals surface area contributed by atoms with Gasteiger partial charge in [0, 0.05) is 47.8 Å². The van der Waals surface area contributed by atoms with Crippen molar-refractivity contribution in [2.24, 2.45) is 0 Å². The van der Waals surface area contributed by atoms with Crippen LogP contribution in [0.1, 0.15) is 34.5 Å². The SMILES string of the molecule is COc1ccc(C(=O)NC2CCN(CCc3c(C)[nH]c4ccccc34)CC2)cc1.O. The van der Waals surface area contributed by atoms with Crippen LogP contribution in [0.15, 0.2) is 48.5 Å². The lowest BCUT2D eigenvalue weighted by Gasteiger charge is -2.32. The van der Waals surface area contributed by atoms with E-state index in [4.69, 9.17) is 4.74 Å². The van der Waals surface area contributed by atoms with Gasteiger partial charge in [0.05, 0.1) is 7.11 Å². The molecule has 0 saturated carbocycles. The molecule has 4 N–H and O–H groups in total. The third-order valence-electron chi connectivity index (χ3n) is 5.98. The molecule has 0 spiro atoms. The van der Waals surface area contributed by atoms with Gasteiger partial charge in [0.1, 0.15) is 5.75 Å². The van der Waals surface area contributed by atoms with E-state index in [1.165, 1.54) is 22.2 Å². The molecule has 6 heteroatoms. The first-order valence-corrected chi connectivity index (χ1v) is 10.4. The molecule has 0 atom stereocenters. The molecule has 1 fully saturated rings. The molecule has 1 aromatic heterocycles. The average molecular weight is 410 g/mol. The molecule has 30 heavy (non-hydrogen) atoms. The lowest BCUT2D eigenvalue weighted by Crippen LogP contribution is -2.45. The number of fused-ring (bicyclic) bond motifs is 1. The number of amides is 1. The van der Waals surface area contributed by atoms with Gasteiger partial charge in [0.25, 0.3) is 5.91 Å². The summed E-state index contributed by atoms with van der Waals surface area (Å²) in [5, 5.41) is 4.52. The van der Waals surface area contributed by atoms with E-state index in [2.05, 4.69) is 46.4 Å². The number of aromatic nitrogens is 1. The van der Waals surface area contributed by atoms with E-state index in [1.54, 1.807) is 7.11 Å². The van der Waals surface area contributed by atoms with Crippen LogP contribution < -0.4 is 10.1 Å². The van der Waals surface area contributed by atoms with Crippen molar-refractivity contribution in [3.05, 3.63) is 65.4 Å². The summed E-state index contributed by atoms with van der Waals surface area (Å²) in [7, 11) is 1.63. The highest BCUT2D eigenvalue weighted by Gasteiger charge is 2.21. The molecule has 1 aliphatic heterocycles. The number of ether oxygens (including phenoxy) is 1. The van der Waals surface area contributed by atoms with Crippen LogP contribution in [-0.4, -0.2) is 54.1 Å². The number of aryl methyl sites for hydroxylation is 1. The Balaban J connectivity index is 0.00000256. The van der Waals surface area contributed by atoms with Gasteiger partial charge in [-0.05, 0) is 62.1 Å². The number of benzene rings is 2. The Hall–Kier alpha value is -2.83. The number of nitrogens with zero attached hydrogens (tertiary/aromatic N) is 1. The van der Waals surface area contributed by atoms with E-state index in [0.29, 0.717) is 5.56 Å². The summed E-state index contributed by atoms with van der Waals surface area (Å²) in [4.78, 5) is 18.5. The van der Waals surface area contributed by atoms with Crippen LogP contribution in [0.5, 0.6) is 5.75 Å². The van der Waals surface area contributed by atoms with Crippen molar-refractivity contribution in [2.45, 2.75) is 32.2 Å². The molecule has 1 amide bonds. The van der Waals surface area contributed by atoms with Gasteiger partial charge < -0.3 is 25.4 Å². The Kier molecular flexibility index (Phi) is 7.13. The number of aromatic amines is 1. The van der Waals surface area contributed by atoms with Gasteiger partial charge in [-0.3, -0.25) is 4.79 Å². The van der Waals surface area contributed by atoms with Gasteiger partial charge in [-0.2, -0.15) is 0 Å². The summed E-state index contributed by atoms with van der Waals surface area (Å²) < 4.78 is 5.15. The topological polar surface area (TPSA) is 88.9 Å². The fraction of sp³-hybridized carbons (Fsp3) is 0.375. The van der Waals surface area contributed by atoms with E-state index < -0.39 is 0 Å². The summed E-state index contributed by atoms with van der Waals surface area (Å²) in [6, 6.07) is 16.0. The van der Waals surface area contributed by atoms with Gasteiger partial charge in [-0.1, -0.05) is 18.2 Å². The fourth-order valence-corrected chi connectivity index (χ4v) is 4.24. The van der Waals surface area contributed by atoms with Crippen LogP contribution in [0.2, 0.25) is 0 Å². The number of rotatable bonds is 6. The van der Waals surface area contributed by atoms with Gasteiger partial charge in [0.15, 0.2) is 0 Å². The van der Waals surface area contributed by atoms with Crippen LogP contribution in [0, 0.1) is 6.92 Å². The maximum absolute atomic E-state index is 12.5. The van der Waals surface area contributed by atoms with E-state index in [9.17, 15) is 4.79 Å². The third-order valence-corrected chi connectivity index (χ3v) is 5.98. The monoisotopic (exact) mass is 409 g/mol. The zero-order chi connectivity index (χ0) is 20.2. The van der Waals surface area contributed by atoms with Crippen molar-refractivity contribution in [3.8, 4) is 5.75 Å². The Labute approximate surface area is 177 Å². The molecular formula is C24H31N3O3. The maximum Gasteiger partial charge on any atom is 0.251 e. The van der Waals surface area contributed by atoms with Crippen molar-refractivity contribution in [1.29, 1.82) is 0 Å². The number of carbonyl (C=O) groups excluding carboxylic acids is 1. The number of hydrogen-bond donors (Lipinski definition) is 2. The standard InChI is InChI=1S/C24H29N3O2.H2O/c1-17-21(22-5-3-4-6-23(22)25-17)13-16-27-14-11-19(12-15-27)26-24(28)18-7-9-20(29-2)10-8-18;/h3-10,19,25H,11-16H2,1-2H3,(H,26,28);1H2.